The van der Waals surface area contributed by atoms with Gasteiger partial charge >= 0.3 is 0 Å². The molecule has 0 radical (unpaired) electrons. The number of anilines is 1. The van der Waals surface area contributed by atoms with Gasteiger partial charge in [0, 0.05) is 18.8 Å². The van der Waals surface area contributed by atoms with Crippen LogP contribution in [-0.4, -0.2) is 19.5 Å². The summed E-state index contributed by atoms with van der Waals surface area (Å²) in [5, 5.41) is 3.58. The molecule has 110 valence electrons. The molecule has 1 aliphatic heterocycles. The van der Waals surface area contributed by atoms with E-state index < -0.39 is 0 Å². The number of carbonyl (C=O) groups is 1. The maximum atomic E-state index is 11.8. The Hall–Kier alpha value is -1.35. The molecule has 1 aliphatic rings. The van der Waals surface area contributed by atoms with Crippen LogP contribution in [0.5, 0.6) is 0 Å². The van der Waals surface area contributed by atoms with Crippen LogP contribution in [0.1, 0.15) is 50.8 Å². The van der Waals surface area contributed by atoms with E-state index in [0.717, 1.165) is 18.7 Å². The molecule has 0 saturated carbocycles. The lowest BCUT2D eigenvalue weighted by molar-refractivity contribution is -0.117. The predicted octanol–water partition coefficient (Wildman–Crippen LogP) is 3.29. The Morgan fingerprint density at radius 1 is 1.35 bits per heavy atom. The van der Waals surface area contributed by atoms with Crippen LogP contribution in [0.15, 0.2) is 18.2 Å². The fourth-order valence-corrected chi connectivity index (χ4v) is 2.86. The minimum absolute atomic E-state index is 0.194. The van der Waals surface area contributed by atoms with Crippen LogP contribution in [0.4, 0.5) is 5.69 Å². The Labute approximate surface area is 122 Å². The smallest absolute Gasteiger partial charge is 0.231 e. The van der Waals surface area contributed by atoms with E-state index in [0.29, 0.717) is 18.4 Å². The molecule has 1 aromatic rings. The largest absolute Gasteiger partial charge is 0.315 e. The van der Waals surface area contributed by atoms with Gasteiger partial charge in [0.05, 0.1) is 6.42 Å². The van der Waals surface area contributed by atoms with Crippen molar-refractivity contribution in [2.45, 2.75) is 46.1 Å². The number of nitrogens with one attached hydrogen (secondary N) is 1. The molecule has 20 heavy (non-hydrogen) atoms. The van der Waals surface area contributed by atoms with Gasteiger partial charge in [0.25, 0.3) is 0 Å². The second-order valence-electron chi connectivity index (χ2n) is 5.88. The molecule has 0 aliphatic carbocycles. The van der Waals surface area contributed by atoms with Crippen molar-refractivity contribution in [1.82, 2.24) is 5.32 Å². The van der Waals surface area contributed by atoms with Gasteiger partial charge in [-0.3, -0.25) is 4.79 Å². The number of fused-ring (bicyclic) bond motifs is 1. The highest BCUT2D eigenvalue weighted by Crippen LogP contribution is 2.32. The van der Waals surface area contributed by atoms with Gasteiger partial charge in [-0.1, -0.05) is 39.3 Å². The van der Waals surface area contributed by atoms with Crippen LogP contribution in [0.3, 0.4) is 0 Å². The van der Waals surface area contributed by atoms with E-state index in [1.54, 1.807) is 4.90 Å². The topological polar surface area (TPSA) is 32.3 Å². The number of likely N-dealkylation sites (N-methyl/N-ethyl adjacent to an activating group) is 1. The molecule has 1 aromatic carbocycles. The summed E-state index contributed by atoms with van der Waals surface area (Å²) in [6.45, 7) is 7.66. The van der Waals surface area contributed by atoms with E-state index in [1.807, 2.05) is 7.05 Å². The predicted molar refractivity (Wildman–Crippen MR) is 84.0 cm³/mol. The number of nitrogens with zero attached hydrogens (tertiary/aromatic N) is 1. The number of hydrogen-bond acceptors (Lipinski definition) is 2. The summed E-state index contributed by atoms with van der Waals surface area (Å²) in [6, 6.07) is 6.87. The van der Waals surface area contributed by atoms with E-state index in [9.17, 15) is 4.79 Å². The Bertz CT molecular complexity index is 484. The number of carbonyl (C=O) groups excluding carboxylic acids is 1. The summed E-state index contributed by atoms with van der Waals surface area (Å²) >= 11 is 0. The van der Waals surface area contributed by atoms with Gasteiger partial charge in [0.15, 0.2) is 0 Å². The highest BCUT2D eigenvalue weighted by atomic mass is 16.2. The molecule has 0 spiro atoms. The zero-order chi connectivity index (χ0) is 14.7. The molecule has 2 rings (SSSR count). The number of rotatable bonds is 6. The van der Waals surface area contributed by atoms with Gasteiger partial charge in [0.1, 0.15) is 0 Å². The van der Waals surface area contributed by atoms with Crippen molar-refractivity contribution in [2.75, 3.05) is 18.5 Å². The molecule has 0 saturated heterocycles. The first kappa shape index (κ1) is 15.0. The molecule has 1 heterocycles. The van der Waals surface area contributed by atoms with E-state index in [4.69, 9.17) is 0 Å². The van der Waals surface area contributed by atoms with Crippen molar-refractivity contribution in [1.29, 1.82) is 0 Å². The third-order valence-corrected chi connectivity index (χ3v) is 4.37. The number of benzene rings is 1. The van der Waals surface area contributed by atoms with E-state index >= 15 is 0 Å². The van der Waals surface area contributed by atoms with Gasteiger partial charge in [-0.15, -0.1) is 0 Å². The van der Waals surface area contributed by atoms with Crippen LogP contribution in [0, 0.1) is 5.92 Å². The fraction of sp³-hybridized carbons (Fsp3) is 0.588. The zero-order valence-corrected chi connectivity index (χ0v) is 13.1. The summed E-state index contributed by atoms with van der Waals surface area (Å²) in [5.74, 6) is 0.899. The van der Waals surface area contributed by atoms with Gasteiger partial charge in [-0.25, -0.2) is 0 Å². The summed E-state index contributed by atoms with van der Waals surface area (Å²) in [6.07, 6.45) is 2.89. The minimum atomic E-state index is 0.194. The minimum Gasteiger partial charge on any atom is -0.315 e. The summed E-state index contributed by atoms with van der Waals surface area (Å²) < 4.78 is 0. The monoisotopic (exact) mass is 274 g/mol. The van der Waals surface area contributed by atoms with E-state index in [1.165, 1.54) is 17.5 Å². The van der Waals surface area contributed by atoms with Crippen LogP contribution in [0.2, 0.25) is 0 Å². The third-order valence-electron chi connectivity index (χ3n) is 4.37. The fourth-order valence-electron chi connectivity index (χ4n) is 2.86. The van der Waals surface area contributed by atoms with Gasteiger partial charge in [-0.2, -0.15) is 0 Å². The van der Waals surface area contributed by atoms with Crippen molar-refractivity contribution in [3.8, 4) is 0 Å². The Kier molecular flexibility index (Phi) is 4.81. The highest BCUT2D eigenvalue weighted by Gasteiger charge is 2.25. The van der Waals surface area contributed by atoms with Crippen molar-refractivity contribution in [3.63, 3.8) is 0 Å². The molecule has 2 unspecified atom stereocenters. The van der Waals surface area contributed by atoms with Crippen molar-refractivity contribution in [3.05, 3.63) is 29.3 Å². The highest BCUT2D eigenvalue weighted by molar-refractivity contribution is 6.00. The molecule has 0 aromatic heterocycles. The molecule has 1 amide bonds. The van der Waals surface area contributed by atoms with Gasteiger partial charge < -0.3 is 10.2 Å². The Morgan fingerprint density at radius 3 is 2.75 bits per heavy atom. The SMILES string of the molecule is CCNC(CC(C)CC)c1ccc2c(c1)CC(=O)N2C. The van der Waals surface area contributed by atoms with E-state index in [-0.39, 0.29) is 5.91 Å². The Balaban J connectivity index is 2.22. The first-order chi connectivity index (χ1) is 9.56. The summed E-state index contributed by atoms with van der Waals surface area (Å²) in [4.78, 5) is 13.5. The normalized spacial score (nSPS) is 17.2. The molecule has 2 atom stereocenters. The molecule has 3 heteroatoms. The quantitative estimate of drug-likeness (QED) is 0.863. The maximum Gasteiger partial charge on any atom is 0.231 e. The van der Waals surface area contributed by atoms with Gasteiger partial charge in [0.2, 0.25) is 5.91 Å². The summed E-state index contributed by atoms with van der Waals surface area (Å²) in [7, 11) is 1.86. The second kappa shape index (κ2) is 6.40. The first-order valence-corrected chi connectivity index (χ1v) is 7.69. The van der Waals surface area contributed by atoms with Gasteiger partial charge in [-0.05, 0) is 36.1 Å². The molecule has 1 N–H and O–H groups in total. The first-order valence-electron chi connectivity index (χ1n) is 7.69. The third kappa shape index (κ3) is 3.04. The standard InChI is InChI=1S/C17H26N2O/c1-5-12(3)9-15(18-6-2)13-7-8-16-14(10-13)11-17(20)19(16)4/h7-8,10,12,15,18H,5-6,9,11H2,1-4H3. The average molecular weight is 274 g/mol. The van der Waals surface area contributed by atoms with Crippen molar-refractivity contribution >= 4 is 11.6 Å². The number of amides is 1. The van der Waals surface area contributed by atoms with Crippen LogP contribution >= 0.6 is 0 Å². The maximum absolute atomic E-state index is 11.8. The molecule has 3 nitrogen and oxygen atoms in total. The second-order valence-corrected chi connectivity index (χ2v) is 5.88. The lowest BCUT2D eigenvalue weighted by Crippen LogP contribution is -2.23. The number of hydrogen-bond donors (Lipinski definition) is 1. The Morgan fingerprint density at radius 2 is 2.10 bits per heavy atom. The van der Waals surface area contributed by atoms with Crippen LogP contribution < -0.4 is 10.2 Å². The molecular formula is C17H26N2O. The zero-order valence-electron chi connectivity index (χ0n) is 13.1. The van der Waals surface area contributed by atoms with E-state index in [2.05, 4.69) is 44.3 Å². The lowest BCUT2D eigenvalue weighted by Gasteiger charge is -2.22. The summed E-state index contributed by atoms with van der Waals surface area (Å²) in [5.41, 5.74) is 3.55. The van der Waals surface area contributed by atoms with Crippen LogP contribution in [0.25, 0.3) is 0 Å². The van der Waals surface area contributed by atoms with Crippen LogP contribution in [-0.2, 0) is 11.2 Å². The average Bonchev–Trinajstić information content (AvgIpc) is 2.73. The van der Waals surface area contributed by atoms with Crippen molar-refractivity contribution in [2.24, 2.45) is 5.92 Å². The molecular weight excluding hydrogens is 248 g/mol. The molecule has 0 bridgehead atoms. The lowest BCUT2D eigenvalue weighted by atomic mass is 9.93. The van der Waals surface area contributed by atoms with Crippen molar-refractivity contribution < 1.29 is 4.79 Å². The molecule has 0 fully saturated rings.